The summed E-state index contributed by atoms with van der Waals surface area (Å²) in [5.41, 5.74) is 2.54. The number of benzene rings is 2. The Labute approximate surface area is 107 Å². The van der Waals surface area contributed by atoms with E-state index in [4.69, 9.17) is 0 Å². The minimum atomic E-state index is -0.346. The van der Waals surface area contributed by atoms with Crippen LogP contribution in [-0.2, 0) is 0 Å². The van der Waals surface area contributed by atoms with E-state index in [0.717, 1.165) is 11.8 Å². The van der Waals surface area contributed by atoms with Crippen molar-refractivity contribution in [1.29, 1.82) is 0 Å². The summed E-state index contributed by atoms with van der Waals surface area (Å²) in [4.78, 5) is 11.0. The van der Waals surface area contributed by atoms with E-state index in [-0.39, 0.29) is 5.82 Å². The Kier molecular flexibility index (Phi) is 3.38. The zero-order valence-electron chi connectivity index (χ0n) is 9.21. The second-order valence-corrected chi connectivity index (χ2v) is 4.66. The van der Waals surface area contributed by atoms with Crippen LogP contribution in [0.4, 0.5) is 4.39 Å². The van der Waals surface area contributed by atoms with Crippen LogP contribution in [0.15, 0.2) is 40.9 Å². The summed E-state index contributed by atoms with van der Waals surface area (Å²) >= 11 is 3.15. The van der Waals surface area contributed by atoms with Crippen molar-refractivity contribution in [3.63, 3.8) is 0 Å². The number of halogens is 2. The molecule has 0 saturated heterocycles. The van der Waals surface area contributed by atoms with Crippen molar-refractivity contribution in [3.05, 3.63) is 57.8 Å². The quantitative estimate of drug-likeness (QED) is 0.751. The molecule has 0 atom stereocenters. The monoisotopic (exact) mass is 292 g/mol. The Morgan fingerprint density at radius 3 is 2.65 bits per heavy atom. The molecule has 0 N–H and O–H groups in total. The highest BCUT2D eigenvalue weighted by Crippen LogP contribution is 2.30. The lowest BCUT2D eigenvalue weighted by Crippen LogP contribution is -1.92. The molecule has 2 aromatic carbocycles. The van der Waals surface area contributed by atoms with Gasteiger partial charge in [-0.25, -0.2) is 4.39 Å². The average molecular weight is 293 g/mol. The van der Waals surface area contributed by atoms with Gasteiger partial charge in [-0.1, -0.05) is 35.9 Å². The lowest BCUT2D eigenvalue weighted by molar-refractivity contribution is 0.112. The van der Waals surface area contributed by atoms with Crippen LogP contribution in [0.25, 0.3) is 11.1 Å². The largest absolute Gasteiger partial charge is 0.298 e. The van der Waals surface area contributed by atoms with Gasteiger partial charge in [0.2, 0.25) is 0 Å². The van der Waals surface area contributed by atoms with Gasteiger partial charge < -0.3 is 0 Å². The lowest BCUT2D eigenvalue weighted by Gasteiger charge is -2.08. The van der Waals surface area contributed by atoms with Crippen molar-refractivity contribution in [2.45, 2.75) is 6.92 Å². The van der Waals surface area contributed by atoms with Gasteiger partial charge in [0.05, 0.1) is 4.47 Å². The van der Waals surface area contributed by atoms with E-state index in [0.29, 0.717) is 21.2 Å². The number of carbonyl (C=O) groups is 1. The van der Waals surface area contributed by atoms with E-state index >= 15 is 0 Å². The van der Waals surface area contributed by atoms with E-state index in [2.05, 4.69) is 15.9 Å². The predicted octanol–water partition coefficient (Wildman–Crippen LogP) is 4.38. The smallest absolute Gasteiger partial charge is 0.150 e. The number of aryl methyl sites for hydroxylation is 1. The van der Waals surface area contributed by atoms with Gasteiger partial charge >= 0.3 is 0 Å². The first kappa shape index (κ1) is 12.0. The van der Waals surface area contributed by atoms with Gasteiger partial charge in [0.25, 0.3) is 0 Å². The van der Waals surface area contributed by atoms with Gasteiger partial charge in [0.1, 0.15) is 5.82 Å². The van der Waals surface area contributed by atoms with Crippen molar-refractivity contribution in [3.8, 4) is 11.1 Å². The normalized spacial score (nSPS) is 10.3. The molecule has 86 valence electrons. The maximum absolute atomic E-state index is 14.0. The maximum atomic E-state index is 14.0. The van der Waals surface area contributed by atoms with Gasteiger partial charge in [-0.2, -0.15) is 0 Å². The number of hydrogen-bond donors (Lipinski definition) is 0. The molecule has 0 bridgehead atoms. The number of aldehydes is 1. The standard InChI is InChI=1S/C14H10BrFO/c1-9-5-6-10(8-17)12(7-9)11-3-2-4-13(15)14(11)16/h2-8H,1H3. The minimum absolute atomic E-state index is 0.346. The zero-order chi connectivity index (χ0) is 12.4. The van der Waals surface area contributed by atoms with E-state index < -0.39 is 0 Å². The van der Waals surface area contributed by atoms with Gasteiger partial charge in [-0.15, -0.1) is 0 Å². The number of rotatable bonds is 2. The second-order valence-electron chi connectivity index (χ2n) is 3.81. The molecule has 0 fully saturated rings. The summed E-state index contributed by atoms with van der Waals surface area (Å²) in [7, 11) is 0. The third-order valence-electron chi connectivity index (χ3n) is 2.58. The van der Waals surface area contributed by atoms with Gasteiger partial charge in [0, 0.05) is 11.1 Å². The first-order valence-electron chi connectivity index (χ1n) is 5.13. The summed E-state index contributed by atoms with van der Waals surface area (Å²) in [5.74, 6) is -0.346. The fourth-order valence-electron chi connectivity index (χ4n) is 1.72. The molecule has 3 heteroatoms. The molecule has 0 spiro atoms. The molecule has 0 unspecified atom stereocenters. The molecule has 1 nitrogen and oxygen atoms in total. The molecule has 0 aromatic heterocycles. The zero-order valence-corrected chi connectivity index (χ0v) is 10.8. The average Bonchev–Trinajstić information content (AvgIpc) is 2.33. The Balaban J connectivity index is 2.71. The Hall–Kier alpha value is -1.48. The molecule has 0 saturated carbocycles. The van der Waals surface area contributed by atoms with Crippen LogP contribution in [0.3, 0.4) is 0 Å². The first-order valence-corrected chi connectivity index (χ1v) is 5.93. The lowest BCUT2D eigenvalue weighted by atomic mass is 9.98. The molecule has 0 aliphatic carbocycles. The Bertz CT molecular complexity index is 578. The minimum Gasteiger partial charge on any atom is -0.298 e. The Morgan fingerprint density at radius 2 is 1.94 bits per heavy atom. The summed E-state index contributed by atoms with van der Waals surface area (Å²) in [5, 5.41) is 0. The highest BCUT2D eigenvalue weighted by molar-refractivity contribution is 9.10. The molecule has 17 heavy (non-hydrogen) atoms. The van der Waals surface area contributed by atoms with Gasteiger partial charge in [-0.05, 0) is 34.5 Å². The third-order valence-corrected chi connectivity index (χ3v) is 3.19. The fraction of sp³-hybridized carbons (Fsp3) is 0.0714. The van der Waals surface area contributed by atoms with Crippen LogP contribution < -0.4 is 0 Å². The van der Waals surface area contributed by atoms with Crippen LogP contribution in [-0.4, -0.2) is 6.29 Å². The highest BCUT2D eigenvalue weighted by atomic mass is 79.9. The van der Waals surface area contributed by atoms with Crippen LogP contribution in [0.5, 0.6) is 0 Å². The SMILES string of the molecule is Cc1ccc(C=O)c(-c2cccc(Br)c2F)c1. The molecular formula is C14H10BrFO. The van der Waals surface area contributed by atoms with Gasteiger partial charge in [0.15, 0.2) is 6.29 Å². The van der Waals surface area contributed by atoms with Crippen LogP contribution >= 0.6 is 15.9 Å². The predicted molar refractivity (Wildman–Crippen MR) is 69.7 cm³/mol. The van der Waals surface area contributed by atoms with Crippen molar-refractivity contribution >= 4 is 22.2 Å². The molecule has 0 amide bonds. The summed E-state index contributed by atoms with van der Waals surface area (Å²) in [6.07, 6.45) is 0.745. The summed E-state index contributed by atoms with van der Waals surface area (Å²) in [6.45, 7) is 1.91. The maximum Gasteiger partial charge on any atom is 0.150 e. The molecule has 2 rings (SSSR count). The fourth-order valence-corrected chi connectivity index (χ4v) is 2.08. The van der Waals surface area contributed by atoms with Gasteiger partial charge in [-0.3, -0.25) is 4.79 Å². The summed E-state index contributed by atoms with van der Waals surface area (Å²) < 4.78 is 14.4. The van der Waals surface area contributed by atoms with Crippen molar-refractivity contribution in [2.75, 3.05) is 0 Å². The third kappa shape index (κ3) is 2.29. The molecule has 0 radical (unpaired) electrons. The van der Waals surface area contributed by atoms with E-state index in [1.165, 1.54) is 0 Å². The highest BCUT2D eigenvalue weighted by Gasteiger charge is 2.11. The van der Waals surface area contributed by atoms with E-state index in [9.17, 15) is 9.18 Å². The Morgan fingerprint density at radius 1 is 1.18 bits per heavy atom. The summed E-state index contributed by atoms with van der Waals surface area (Å²) in [6, 6.07) is 10.4. The van der Waals surface area contributed by atoms with Crippen molar-refractivity contribution in [1.82, 2.24) is 0 Å². The topological polar surface area (TPSA) is 17.1 Å². The van der Waals surface area contributed by atoms with E-state index in [1.54, 1.807) is 24.3 Å². The second kappa shape index (κ2) is 4.80. The molecule has 0 aliphatic heterocycles. The van der Waals surface area contributed by atoms with Crippen LogP contribution in [0.1, 0.15) is 15.9 Å². The van der Waals surface area contributed by atoms with Crippen LogP contribution in [0.2, 0.25) is 0 Å². The van der Waals surface area contributed by atoms with Crippen molar-refractivity contribution < 1.29 is 9.18 Å². The molecule has 0 heterocycles. The number of carbonyl (C=O) groups excluding carboxylic acids is 1. The molecule has 2 aromatic rings. The van der Waals surface area contributed by atoms with E-state index in [1.807, 2.05) is 19.1 Å². The molecule has 0 aliphatic rings. The van der Waals surface area contributed by atoms with Crippen molar-refractivity contribution in [2.24, 2.45) is 0 Å². The molecular weight excluding hydrogens is 283 g/mol. The van der Waals surface area contributed by atoms with Crippen LogP contribution in [0, 0.1) is 12.7 Å². The first-order chi connectivity index (χ1) is 8.13. The number of hydrogen-bond acceptors (Lipinski definition) is 1.